The van der Waals surface area contributed by atoms with Gasteiger partial charge in [0.2, 0.25) is 11.0 Å². The largest absolute Gasteiger partial charge is 0.374 e. The number of hydrogen-bond acceptors (Lipinski definition) is 8. The molecule has 0 saturated carbocycles. The molecule has 124 valence electrons. The van der Waals surface area contributed by atoms with Gasteiger partial charge in [0.1, 0.15) is 0 Å². The lowest BCUT2D eigenvalue weighted by molar-refractivity contribution is -0.115. The molecule has 0 atom stereocenters. The van der Waals surface area contributed by atoms with Crippen LogP contribution in [0.2, 0.25) is 0 Å². The first kappa shape index (κ1) is 17.3. The highest BCUT2D eigenvalue weighted by Gasteiger charge is 2.09. The molecular formula is C14H12BrN5OS3. The normalized spacial score (nSPS) is 10.7. The van der Waals surface area contributed by atoms with Crippen molar-refractivity contribution >= 4 is 66.5 Å². The third kappa shape index (κ3) is 4.76. The number of nitrogens with zero attached hydrogens (tertiary/aromatic N) is 3. The van der Waals surface area contributed by atoms with Gasteiger partial charge in [-0.05, 0) is 12.1 Å². The van der Waals surface area contributed by atoms with E-state index < -0.39 is 0 Å². The molecule has 3 N–H and O–H groups in total. The van der Waals surface area contributed by atoms with E-state index in [1.807, 2.05) is 29.6 Å². The lowest BCUT2D eigenvalue weighted by atomic mass is 10.2. The van der Waals surface area contributed by atoms with E-state index in [1.165, 1.54) is 34.4 Å². The number of amides is 1. The SMILES string of the molecule is Nc1nnc(SCCC(=O)Nc2nc(-c3ccc(Br)cc3)cs2)s1. The number of benzene rings is 1. The minimum atomic E-state index is -0.0725. The zero-order valence-electron chi connectivity index (χ0n) is 12.2. The molecule has 0 aliphatic carbocycles. The van der Waals surface area contributed by atoms with Crippen molar-refractivity contribution in [2.24, 2.45) is 0 Å². The number of rotatable bonds is 6. The number of hydrogen-bond donors (Lipinski definition) is 2. The summed E-state index contributed by atoms with van der Waals surface area (Å²) in [6, 6.07) is 7.89. The zero-order chi connectivity index (χ0) is 16.9. The first-order valence-electron chi connectivity index (χ1n) is 6.83. The smallest absolute Gasteiger partial charge is 0.226 e. The summed E-state index contributed by atoms with van der Waals surface area (Å²) < 4.78 is 1.79. The van der Waals surface area contributed by atoms with Crippen molar-refractivity contribution in [2.75, 3.05) is 16.8 Å². The minimum Gasteiger partial charge on any atom is -0.374 e. The molecular weight excluding hydrogens is 430 g/mol. The Labute approximate surface area is 159 Å². The van der Waals surface area contributed by atoms with Gasteiger partial charge in [0.15, 0.2) is 9.47 Å². The molecule has 6 nitrogen and oxygen atoms in total. The van der Waals surface area contributed by atoms with E-state index in [4.69, 9.17) is 5.73 Å². The van der Waals surface area contributed by atoms with E-state index in [2.05, 4.69) is 36.4 Å². The number of carbonyl (C=O) groups is 1. The van der Waals surface area contributed by atoms with E-state index in [9.17, 15) is 4.79 Å². The van der Waals surface area contributed by atoms with Crippen LogP contribution in [0.15, 0.2) is 38.5 Å². The third-order valence-corrected chi connectivity index (χ3v) is 6.04. The highest BCUT2D eigenvalue weighted by molar-refractivity contribution is 9.10. The Balaban J connectivity index is 1.50. The predicted octanol–water partition coefficient (Wildman–Crippen LogP) is 4.13. The quantitative estimate of drug-likeness (QED) is 0.558. The van der Waals surface area contributed by atoms with Crippen LogP contribution in [0.5, 0.6) is 0 Å². The second-order valence-electron chi connectivity index (χ2n) is 4.60. The molecule has 1 amide bonds. The first-order valence-corrected chi connectivity index (χ1v) is 10.3. The van der Waals surface area contributed by atoms with E-state index >= 15 is 0 Å². The molecule has 0 fully saturated rings. The standard InChI is InChI=1S/C14H12BrN5OS3/c15-9-3-1-8(2-4-9)10-7-23-13(17-10)18-11(21)5-6-22-14-20-19-12(16)24-14/h1-4,7H,5-6H2,(H2,16,19)(H,17,18,21). The van der Waals surface area contributed by atoms with Crippen LogP contribution < -0.4 is 11.1 Å². The zero-order valence-corrected chi connectivity index (χ0v) is 16.3. The Hall–Kier alpha value is -1.49. The van der Waals surface area contributed by atoms with Crippen molar-refractivity contribution in [2.45, 2.75) is 10.8 Å². The summed E-state index contributed by atoms with van der Waals surface area (Å²) in [6.45, 7) is 0. The maximum atomic E-state index is 12.0. The summed E-state index contributed by atoms with van der Waals surface area (Å²) in [5.41, 5.74) is 7.38. The molecule has 10 heteroatoms. The van der Waals surface area contributed by atoms with Crippen LogP contribution in [0.4, 0.5) is 10.3 Å². The van der Waals surface area contributed by atoms with Crippen molar-refractivity contribution in [1.29, 1.82) is 0 Å². The van der Waals surface area contributed by atoms with Gasteiger partial charge in [-0.2, -0.15) is 0 Å². The molecule has 2 aromatic heterocycles. The summed E-state index contributed by atoms with van der Waals surface area (Å²) >= 11 is 7.60. The van der Waals surface area contributed by atoms with Crippen molar-refractivity contribution in [3.63, 3.8) is 0 Å². The van der Waals surface area contributed by atoms with E-state index in [-0.39, 0.29) is 5.91 Å². The van der Waals surface area contributed by atoms with Crippen LogP contribution in [-0.4, -0.2) is 26.8 Å². The number of nitrogens with one attached hydrogen (secondary N) is 1. The van der Waals surface area contributed by atoms with Gasteiger partial charge in [0, 0.05) is 27.6 Å². The van der Waals surface area contributed by atoms with Crippen LogP contribution in [-0.2, 0) is 4.79 Å². The molecule has 0 aliphatic heterocycles. The predicted molar refractivity (Wildman–Crippen MR) is 104 cm³/mol. The third-order valence-electron chi connectivity index (χ3n) is 2.87. The Morgan fingerprint density at radius 3 is 2.79 bits per heavy atom. The molecule has 0 radical (unpaired) electrons. The van der Waals surface area contributed by atoms with Crippen molar-refractivity contribution in [3.05, 3.63) is 34.1 Å². The van der Waals surface area contributed by atoms with Gasteiger partial charge in [-0.3, -0.25) is 4.79 Å². The highest BCUT2D eigenvalue weighted by Crippen LogP contribution is 2.27. The van der Waals surface area contributed by atoms with Crippen LogP contribution in [0.1, 0.15) is 6.42 Å². The lowest BCUT2D eigenvalue weighted by Gasteiger charge is -2.00. The molecule has 3 rings (SSSR count). The molecule has 1 aromatic carbocycles. The molecule has 2 heterocycles. The molecule has 0 saturated heterocycles. The minimum absolute atomic E-state index is 0.0725. The molecule has 0 bridgehead atoms. The maximum Gasteiger partial charge on any atom is 0.226 e. The van der Waals surface area contributed by atoms with Gasteiger partial charge in [0.05, 0.1) is 5.69 Å². The van der Waals surface area contributed by atoms with Crippen LogP contribution in [0.3, 0.4) is 0 Å². The van der Waals surface area contributed by atoms with Crippen molar-refractivity contribution in [1.82, 2.24) is 15.2 Å². The highest BCUT2D eigenvalue weighted by atomic mass is 79.9. The molecule has 3 aromatic rings. The van der Waals surface area contributed by atoms with Crippen molar-refractivity contribution in [3.8, 4) is 11.3 Å². The number of thioether (sulfide) groups is 1. The fraction of sp³-hybridized carbons (Fsp3) is 0.143. The van der Waals surface area contributed by atoms with Gasteiger partial charge >= 0.3 is 0 Å². The number of nitrogens with two attached hydrogens (primary N) is 1. The van der Waals surface area contributed by atoms with E-state index in [0.29, 0.717) is 22.4 Å². The number of halogens is 1. The van der Waals surface area contributed by atoms with E-state index in [0.717, 1.165) is 20.1 Å². The Morgan fingerprint density at radius 1 is 1.29 bits per heavy atom. The van der Waals surface area contributed by atoms with Gasteiger partial charge in [-0.15, -0.1) is 21.5 Å². The topological polar surface area (TPSA) is 93.8 Å². The maximum absolute atomic E-state index is 12.0. The summed E-state index contributed by atoms with van der Waals surface area (Å²) in [6.07, 6.45) is 0.372. The number of aromatic nitrogens is 3. The molecule has 0 aliphatic rings. The van der Waals surface area contributed by atoms with Gasteiger partial charge in [-0.1, -0.05) is 51.2 Å². The Bertz CT molecular complexity index is 833. The Morgan fingerprint density at radius 2 is 2.08 bits per heavy atom. The lowest BCUT2D eigenvalue weighted by Crippen LogP contribution is -2.11. The molecule has 24 heavy (non-hydrogen) atoms. The summed E-state index contributed by atoms with van der Waals surface area (Å²) in [5, 5.41) is 13.4. The average Bonchev–Trinajstić information content (AvgIpc) is 3.17. The second-order valence-corrected chi connectivity index (χ2v) is 8.72. The molecule has 0 unspecified atom stereocenters. The van der Waals surface area contributed by atoms with Crippen LogP contribution in [0.25, 0.3) is 11.3 Å². The van der Waals surface area contributed by atoms with Gasteiger partial charge in [-0.25, -0.2) is 4.98 Å². The fourth-order valence-corrected chi connectivity index (χ4v) is 4.42. The number of nitrogen functional groups attached to an aromatic ring is 1. The number of thiazole rings is 1. The first-order chi connectivity index (χ1) is 11.6. The molecule has 0 spiro atoms. The van der Waals surface area contributed by atoms with E-state index in [1.54, 1.807) is 0 Å². The van der Waals surface area contributed by atoms with Gasteiger partial charge < -0.3 is 11.1 Å². The number of carbonyl (C=O) groups excluding carboxylic acids is 1. The van der Waals surface area contributed by atoms with Gasteiger partial charge in [0.25, 0.3) is 0 Å². The summed E-state index contributed by atoms with van der Waals surface area (Å²) in [7, 11) is 0. The number of anilines is 2. The fourth-order valence-electron chi connectivity index (χ4n) is 1.78. The summed E-state index contributed by atoms with van der Waals surface area (Å²) in [4.78, 5) is 16.4. The Kier molecular flexibility index (Phi) is 5.82. The average molecular weight is 442 g/mol. The van der Waals surface area contributed by atoms with Crippen molar-refractivity contribution < 1.29 is 4.79 Å². The van der Waals surface area contributed by atoms with Crippen LogP contribution in [0, 0.1) is 0 Å². The summed E-state index contributed by atoms with van der Waals surface area (Å²) in [5.74, 6) is 0.544. The second kappa shape index (κ2) is 8.06. The van der Waals surface area contributed by atoms with Crippen LogP contribution >= 0.6 is 50.4 Å². The monoisotopic (exact) mass is 441 g/mol.